The van der Waals surface area contributed by atoms with Crippen molar-refractivity contribution in [3.63, 3.8) is 0 Å². The second-order valence-corrected chi connectivity index (χ2v) is 5.50. The summed E-state index contributed by atoms with van der Waals surface area (Å²) >= 11 is 0. The molecule has 1 aromatic carbocycles. The Morgan fingerprint density at radius 3 is 2.72 bits per heavy atom. The molecule has 0 saturated carbocycles. The normalized spacial score (nSPS) is 11.0. The predicted octanol–water partition coefficient (Wildman–Crippen LogP) is 3.62. The maximum absolute atomic E-state index is 13.8. The van der Waals surface area contributed by atoms with Crippen molar-refractivity contribution in [1.82, 2.24) is 4.68 Å². The van der Waals surface area contributed by atoms with E-state index in [0.29, 0.717) is 28.3 Å². The van der Waals surface area contributed by atoms with E-state index >= 15 is 0 Å². The summed E-state index contributed by atoms with van der Waals surface area (Å²) in [4.78, 5) is 12.3. The first-order valence-corrected chi connectivity index (χ1v) is 7.53. The first kappa shape index (κ1) is 16.4. The molecule has 0 atom stereocenters. The summed E-state index contributed by atoms with van der Waals surface area (Å²) in [7, 11) is 0. The van der Waals surface area contributed by atoms with Gasteiger partial charge in [0.25, 0.3) is 5.56 Å². The van der Waals surface area contributed by atoms with Gasteiger partial charge in [-0.2, -0.15) is 10.4 Å². The number of rotatable bonds is 3. The SMILES string of the molecule is Cc1cc(C)n(/N=C\c2ccc(-c3ccccc3F)o2)c(=O)c1C#N. The topological polar surface area (TPSA) is 71.3 Å². The molecule has 124 valence electrons. The first-order chi connectivity index (χ1) is 12.0. The van der Waals surface area contributed by atoms with E-state index in [1.165, 1.54) is 12.3 Å². The van der Waals surface area contributed by atoms with Gasteiger partial charge in [0.2, 0.25) is 0 Å². The molecule has 3 rings (SSSR count). The summed E-state index contributed by atoms with van der Waals surface area (Å²) in [5.74, 6) is 0.346. The highest BCUT2D eigenvalue weighted by atomic mass is 19.1. The van der Waals surface area contributed by atoms with Gasteiger partial charge in [-0.05, 0) is 49.7 Å². The van der Waals surface area contributed by atoms with Crippen LogP contribution in [0, 0.1) is 31.0 Å². The van der Waals surface area contributed by atoms with E-state index in [9.17, 15) is 9.18 Å². The van der Waals surface area contributed by atoms with E-state index in [2.05, 4.69) is 5.10 Å². The average Bonchev–Trinajstić information content (AvgIpc) is 3.04. The highest BCUT2D eigenvalue weighted by molar-refractivity contribution is 5.77. The number of hydrogen-bond donors (Lipinski definition) is 0. The number of aromatic nitrogens is 1. The van der Waals surface area contributed by atoms with E-state index in [0.717, 1.165) is 4.68 Å². The minimum atomic E-state index is -0.489. The maximum atomic E-state index is 13.8. The van der Waals surface area contributed by atoms with Gasteiger partial charge in [-0.15, -0.1) is 0 Å². The fraction of sp³-hybridized carbons (Fsp3) is 0.105. The smallest absolute Gasteiger partial charge is 0.289 e. The van der Waals surface area contributed by atoms with Crippen LogP contribution in [-0.2, 0) is 0 Å². The number of hydrogen-bond acceptors (Lipinski definition) is 4. The Labute approximate surface area is 143 Å². The van der Waals surface area contributed by atoms with Gasteiger partial charge in [-0.3, -0.25) is 4.79 Å². The zero-order valence-corrected chi connectivity index (χ0v) is 13.7. The van der Waals surface area contributed by atoms with Gasteiger partial charge in [0, 0.05) is 5.69 Å². The summed E-state index contributed by atoms with van der Waals surface area (Å²) in [6, 6.07) is 13.1. The molecule has 0 saturated heterocycles. The van der Waals surface area contributed by atoms with Crippen molar-refractivity contribution in [2.24, 2.45) is 5.10 Å². The molecule has 2 aromatic heterocycles. The molecule has 0 bridgehead atoms. The Kier molecular flexibility index (Phi) is 4.31. The predicted molar refractivity (Wildman–Crippen MR) is 92.0 cm³/mol. The standard InChI is InChI=1S/C19H14FN3O2/c1-12-9-13(2)23(19(24)16(12)10-21)22-11-14-7-8-18(25-14)15-5-3-4-6-17(15)20/h3-9,11H,1-2H3/b22-11-. The molecule has 0 N–H and O–H groups in total. The molecule has 0 unspecified atom stereocenters. The van der Waals surface area contributed by atoms with Crippen molar-refractivity contribution in [2.45, 2.75) is 13.8 Å². The summed E-state index contributed by atoms with van der Waals surface area (Å²) in [5, 5.41) is 13.2. The van der Waals surface area contributed by atoms with Crippen LogP contribution in [0.2, 0.25) is 0 Å². The zero-order chi connectivity index (χ0) is 18.0. The number of nitriles is 1. The number of nitrogens with zero attached hydrogens (tertiary/aromatic N) is 3. The van der Waals surface area contributed by atoms with Crippen LogP contribution in [0.3, 0.4) is 0 Å². The van der Waals surface area contributed by atoms with Gasteiger partial charge in [0.1, 0.15) is 29.0 Å². The van der Waals surface area contributed by atoms with Crippen molar-refractivity contribution in [1.29, 1.82) is 5.26 Å². The van der Waals surface area contributed by atoms with Gasteiger partial charge in [-0.25, -0.2) is 9.07 Å². The minimum absolute atomic E-state index is 0.0502. The molecular weight excluding hydrogens is 321 g/mol. The quantitative estimate of drug-likeness (QED) is 0.686. The number of aryl methyl sites for hydroxylation is 2. The van der Waals surface area contributed by atoms with Gasteiger partial charge in [-0.1, -0.05) is 12.1 Å². The van der Waals surface area contributed by atoms with Crippen LogP contribution in [-0.4, -0.2) is 10.9 Å². The largest absolute Gasteiger partial charge is 0.455 e. The third kappa shape index (κ3) is 3.12. The molecule has 0 aliphatic carbocycles. The number of pyridine rings is 1. The molecule has 0 amide bonds. The summed E-state index contributed by atoms with van der Waals surface area (Å²) in [6.45, 7) is 3.42. The molecule has 0 spiro atoms. The molecule has 5 nitrogen and oxygen atoms in total. The van der Waals surface area contributed by atoms with Crippen molar-refractivity contribution in [3.8, 4) is 17.4 Å². The van der Waals surface area contributed by atoms with E-state index in [-0.39, 0.29) is 11.4 Å². The third-order valence-electron chi connectivity index (χ3n) is 3.74. The Bertz CT molecular complexity index is 1070. The van der Waals surface area contributed by atoms with Crippen LogP contribution in [0.25, 0.3) is 11.3 Å². The molecule has 6 heteroatoms. The molecule has 2 heterocycles. The van der Waals surface area contributed by atoms with E-state index in [4.69, 9.17) is 9.68 Å². The summed E-state index contributed by atoms with van der Waals surface area (Å²) < 4.78 is 20.5. The second-order valence-electron chi connectivity index (χ2n) is 5.50. The van der Waals surface area contributed by atoms with Crippen LogP contribution in [0.15, 0.2) is 56.8 Å². The van der Waals surface area contributed by atoms with Gasteiger partial charge < -0.3 is 4.42 Å². The van der Waals surface area contributed by atoms with Gasteiger partial charge in [0.15, 0.2) is 0 Å². The lowest BCUT2D eigenvalue weighted by Crippen LogP contribution is -2.22. The van der Waals surface area contributed by atoms with E-state index < -0.39 is 5.56 Å². The number of halogens is 1. The average molecular weight is 335 g/mol. The molecule has 0 fully saturated rings. The molecule has 0 radical (unpaired) electrons. The Balaban J connectivity index is 1.96. The van der Waals surface area contributed by atoms with Crippen LogP contribution in [0.1, 0.15) is 22.6 Å². The Morgan fingerprint density at radius 2 is 2.00 bits per heavy atom. The Morgan fingerprint density at radius 1 is 1.24 bits per heavy atom. The fourth-order valence-corrected chi connectivity index (χ4v) is 2.50. The summed E-state index contributed by atoms with van der Waals surface area (Å²) in [6.07, 6.45) is 1.36. The first-order valence-electron chi connectivity index (χ1n) is 7.53. The monoisotopic (exact) mass is 335 g/mol. The molecule has 3 aromatic rings. The lowest BCUT2D eigenvalue weighted by atomic mass is 10.1. The number of furan rings is 1. The van der Waals surface area contributed by atoms with E-state index in [1.807, 2.05) is 6.07 Å². The molecular formula is C19H14FN3O2. The van der Waals surface area contributed by atoms with Crippen molar-refractivity contribution < 1.29 is 8.81 Å². The van der Waals surface area contributed by atoms with Crippen molar-refractivity contribution >= 4 is 6.21 Å². The second kappa shape index (κ2) is 6.57. The van der Waals surface area contributed by atoms with Gasteiger partial charge in [0.05, 0.1) is 11.8 Å². The molecule has 0 aliphatic rings. The van der Waals surface area contributed by atoms with Gasteiger partial charge >= 0.3 is 0 Å². The lowest BCUT2D eigenvalue weighted by molar-refractivity contribution is 0.562. The van der Waals surface area contributed by atoms with Crippen LogP contribution < -0.4 is 5.56 Å². The minimum Gasteiger partial charge on any atom is -0.455 e. The summed E-state index contributed by atoms with van der Waals surface area (Å²) in [5.41, 5.74) is 1.11. The molecule has 0 aliphatic heterocycles. The highest BCUT2D eigenvalue weighted by Crippen LogP contribution is 2.24. The maximum Gasteiger partial charge on any atom is 0.289 e. The van der Waals surface area contributed by atoms with Crippen molar-refractivity contribution in [2.75, 3.05) is 0 Å². The van der Waals surface area contributed by atoms with E-state index in [1.54, 1.807) is 50.2 Å². The van der Waals surface area contributed by atoms with Crippen LogP contribution in [0.4, 0.5) is 4.39 Å². The van der Waals surface area contributed by atoms with Crippen molar-refractivity contribution in [3.05, 3.63) is 81.2 Å². The van der Waals surface area contributed by atoms with Crippen LogP contribution in [0.5, 0.6) is 0 Å². The third-order valence-corrected chi connectivity index (χ3v) is 3.74. The van der Waals surface area contributed by atoms with Crippen LogP contribution >= 0.6 is 0 Å². The lowest BCUT2D eigenvalue weighted by Gasteiger charge is -2.05. The zero-order valence-electron chi connectivity index (χ0n) is 13.7. The number of benzene rings is 1. The fourth-order valence-electron chi connectivity index (χ4n) is 2.50. The highest BCUT2D eigenvalue weighted by Gasteiger charge is 2.10. The molecule has 25 heavy (non-hydrogen) atoms. The Hall–Kier alpha value is -3.46.